The molecule has 2 aromatic rings. The van der Waals surface area contributed by atoms with E-state index in [2.05, 4.69) is 63.1 Å². The summed E-state index contributed by atoms with van der Waals surface area (Å²) in [5.74, 6) is -0.314. The minimum absolute atomic E-state index is 0.118. The summed E-state index contributed by atoms with van der Waals surface area (Å²) in [4.78, 5) is 20.1. The van der Waals surface area contributed by atoms with Crippen LogP contribution in [0.4, 0.5) is 5.82 Å². The average Bonchev–Trinajstić information content (AvgIpc) is 2.32. The molecule has 0 saturated carbocycles. The second kappa shape index (κ2) is 5.98. The monoisotopic (exact) mass is 449 g/mol. The third kappa shape index (κ3) is 3.52. The van der Waals surface area contributed by atoms with Gasteiger partial charge in [-0.1, -0.05) is 15.9 Å². The van der Waals surface area contributed by atoms with Crippen molar-refractivity contribution in [2.75, 3.05) is 5.32 Å². The van der Waals surface area contributed by atoms with Crippen molar-refractivity contribution in [2.45, 2.75) is 0 Å². The van der Waals surface area contributed by atoms with Gasteiger partial charge in [0.15, 0.2) is 5.82 Å². The molecule has 5 nitrogen and oxygen atoms in total. The molecule has 0 bridgehead atoms. The van der Waals surface area contributed by atoms with Crippen molar-refractivity contribution in [3.8, 4) is 5.75 Å². The van der Waals surface area contributed by atoms with Crippen molar-refractivity contribution in [1.29, 1.82) is 0 Å². The lowest BCUT2D eigenvalue weighted by molar-refractivity contribution is 0.102. The number of hydrogen-bond donors (Lipinski definition) is 2. The van der Waals surface area contributed by atoms with Gasteiger partial charge in [0.25, 0.3) is 5.91 Å². The molecule has 1 amide bonds. The predicted molar refractivity (Wildman–Crippen MR) is 81.2 cm³/mol. The standard InChI is InChI=1S/C11H6Br3N3O2/c12-5-1-2-6(7(18)3-5)11(19)17-10-9(14)16-8(13)4-15-10/h1-4,18H,(H,15,17,19). The molecule has 98 valence electrons. The number of rotatable bonds is 2. The van der Waals surface area contributed by atoms with Crippen LogP contribution in [-0.2, 0) is 0 Å². The Kier molecular flexibility index (Phi) is 4.54. The zero-order valence-corrected chi connectivity index (χ0v) is 14.0. The van der Waals surface area contributed by atoms with Gasteiger partial charge in [-0.2, -0.15) is 0 Å². The third-order valence-corrected chi connectivity index (χ3v) is 3.57. The molecule has 1 aromatic carbocycles. The Morgan fingerprint density at radius 3 is 2.63 bits per heavy atom. The van der Waals surface area contributed by atoms with Crippen molar-refractivity contribution >= 4 is 59.5 Å². The largest absolute Gasteiger partial charge is 0.507 e. The molecule has 2 rings (SSSR count). The summed E-state index contributed by atoms with van der Waals surface area (Å²) < 4.78 is 1.63. The summed E-state index contributed by atoms with van der Waals surface area (Å²) in [5.41, 5.74) is 0.153. The molecule has 2 N–H and O–H groups in total. The molecule has 0 spiro atoms. The van der Waals surface area contributed by atoms with E-state index in [1.54, 1.807) is 6.07 Å². The molecule has 0 aliphatic carbocycles. The van der Waals surface area contributed by atoms with Crippen LogP contribution < -0.4 is 5.32 Å². The van der Waals surface area contributed by atoms with Crippen molar-refractivity contribution in [2.24, 2.45) is 0 Å². The van der Waals surface area contributed by atoms with E-state index < -0.39 is 5.91 Å². The second-order valence-corrected chi connectivity index (χ2v) is 5.93. The van der Waals surface area contributed by atoms with Crippen molar-refractivity contribution in [1.82, 2.24) is 9.97 Å². The molecular formula is C11H6Br3N3O2. The van der Waals surface area contributed by atoms with Crippen LogP contribution in [0.25, 0.3) is 0 Å². The van der Waals surface area contributed by atoms with Crippen LogP contribution in [0.5, 0.6) is 5.75 Å². The molecule has 0 aliphatic rings. The topological polar surface area (TPSA) is 75.1 Å². The first kappa shape index (κ1) is 14.4. The lowest BCUT2D eigenvalue weighted by Gasteiger charge is -2.07. The molecule has 0 saturated heterocycles. The maximum Gasteiger partial charge on any atom is 0.260 e. The highest BCUT2D eigenvalue weighted by Gasteiger charge is 2.14. The number of aromatic nitrogens is 2. The Bertz CT molecular complexity index is 649. The quantitative estimate of drug-likeness (QED) is 0.729. The van der Waals surface area contributed by atoms with Gasteiger partial charge in [-0.3, -0.25) is 4.79 Å². The van der Waals surface area contributed by atoms with Crippen LogP contribution in [0.1, 0.15) is 10.4 Å². The molecular weight excluding hydrogens is 446 g/mol. The zero-order chi connectivity index (χ0) is 14.0. The smallest absolute Gasteiger partial charge is 0.260 e. The highest BCUT2D eigenvalue weighted by atomic mass is 79.9. The van der Waals surface area contributed by atoms with Crippen LogP contribution in [-0.4, -0.2) is 21.0 Å². The molecule has 0 aliphatic heterocycles. The van der Waals surface area contributed by atoms with E-state index >= 15 is 0 Å². The molecule has 1 heterocycles. The number of aromatic hydroxyl groups is 1. The summed E-state index contributed by atoms with van der Waals surface area (Å²) in [6.45, 7) is 0. The third-order valence-electron chi connectivity index (χ3n) is 2.14. The van der Waals surface area contributed by atoms with Crippen molar-refractivity contribution < 1.29 is 9.90 Å². The minimum Gasteiger partial charge on any atom is -0.507 e. The van der Waals surface area contributed by atoms with Crippen LogP contribution >= 0.6 is 47.8 Å². The lowest BCUT2D eigenvalue weighted by Crippen LogP contribution is -2.14. The summed E-state index contributed by atoms with van der Waals surface area (Å²) in [5, 5.41) is 12.3. The Labute approximate surface area is 133 Å². The number of nitrogens with one attached hydrogen (secondary N) is 1. The van der Waals surface area contributed by atoms with Crippen LogP contribution in [0, 0.1) is 0 Å². The maximum absolute atomic E-state index is 12.0. The van der Waals surface area contributed by atoms with Crippen LogP contribution in [0.3, 0.4) is 0 Å². The Morgan fingerprint density at radius 1 is 1.26 bits per heavy atom. The summed E-state index contributed by atoms with van der Waals surface area (Å²) >= 11 is 9.56. The van der Waals surface area contributed by atoms with E-state index in [-0.39, 0.29) is 17.1 Å². The van der Waals surface area contributed by atoms with E-state index in [4.69, 9.17) is 0 Å². The number of amides is 1. The molecule has 19 heavy (non-hydrogen) atoms. The number of nitrogens with zero attached hydrogens (tertiary/aromatic N) is 2. The summed E-state index contributed by atoms with van der Waals surface area (Å²) in [7, 11) is 0. The molecule has 0 radical (unpaired) electrons. The number of phenolic OH excluding ortho intramolecular Hbond substituents is 1. The van der Waals surface area contributed by atoms with Gasteiger partial charge >= 0.3 is 0 Å². The van der Waals surface area contributed by atoms with E-state index in [0.717, 1.165) is 0 Å². The van der Waals surface area contributed by atoms with Crippen molar-refractivity contribution in [3.63, 3.8) is 0 Å². The first-order valence-electron chi connectivity index (χ1n) is 4.95. The van der Waals surface area contributed by atoms with Gasteiger partial charge in [0.1, 0.15) is 15.0 Å². The lowest BCUT2D eigenvalue weighted by atomic mass is 10.2. The Balaban J connectivity index is 2.25. The highest BCUT2D eigenvalue weighted by molar-refractivity contribution is 9.11. The number of carbonyl (C=O) groups is 1. The molecule has 8 heteroatoms. The fourth-order valence-corrected chi connectivity index (χ4v) is 2.56. The van der Waals surface area contributed by atoms with Gasteiger partial charge in [-0.25, -0.2) is 9.97 Å². The highest BCUT2D eigenvalue weighted by Crippen LogP contribution is 2.24. The van der Waals surface area contributed by atoms with E-state index in [1.807, 2.05) is 0 Å². The fraction of sp³-hybridized carbons (Fsp3) is 0. The van der Waals surface area contributed by atoms with Gasteiger partial charge in [0.2, 0.25) is 0 Å². The fourth-order valence-electron chi connectivity index (χ4n) is 1.30. The van der Waals surface area contributed by atoms with Gasteiger partial charge < -0.3 is 10.4 Å². The van der Waals surface area contributed by atoms with Gasteiger partial charge in [-0.15, -0.1) is 0 Å². The first-order chi connectivity index (χ1) is 8.97. The predicted octanol–water partition coefficient (Wildman–Crippen LogP) is 3.72. The van der Waals surface area contributed by atoms with Gasteiger partial charge in [0, 0.05) is 4.47 Å². The number of carbonyl (C=O) groups excluding carboxylic acids is 1. The van der Waals surface area contributed by atoms with Gasteiger partial charge in [-0.05, 0) is 50.1 Å². The van der Waals surface area contributed by atoms with Crippen molar-refractivity contribution in [3.05, 3.63) is 43.6 Å². The maximum atomic E-state index is 12.0. The number of anilines is 1. The molecule has 0 atom stereocenters. The first-order valence-corrected chi connectivity index (χ1v) is 7.33. The second-order valence-electron chi connectivity index (χ2n) is 3.45. The minimum atomic E-state index is -0.470. The SMILES string of the molecule is O=C(Nc1ncc(Br)nc1Br)c1ccc(Br)cc1O. The van der Waals surface area contributed by atoms with E-state index in [9.17, 15) is 9.90 Å². The number of hydrogen-bond acceptors (Lipinski definition) is 4. The molecule has 0 fully saturated rings. The molecule has 1 aromatic heterocycles. The Morgan fingerprint density at radius 2 is 2.00 bits per heavy atom. The number of benzene rings is 1. The molecule has 0 unspecified atom stereocenters. The normalized spacial score (nSPS) is 10.3. The van der Waals surface area contributed by atoms with E-state index in [0.29, 0.717) is 13.7 Å². The summed E-state index contributed by atoms with van der Waals surface area (Å²) in [6.07, 6.45) is 1.46. The summed E-state index contributed by atoms with van der Waals surface area (Å²) in [6, 6.07) is 4.61. The average molecular weight is 452 g/mol. The van der Waals surface area contributed by atoms with Crippen LogP contribution in [0.15, 0.2) is 38.1 Å². The van der Waals surface area contributed by atoms with Gasteiger partial charge in [0.05, 0.1) is 11.8 Å². The number of halogens is 3. The zero-order valence-electron chi connectivity index (χ0n) is 9.19. The van der Waals surface area contributed by atoms with Crippen LogP contribution in [0.2, 0.25) is 0 Å². The van der Waals surface area contributed by atoms with E-state index in [1.165, 1.54) is 18.3 Å². The number of phenols is 1. The Hall–Kier alpha value is -0.990.